The normalized spacial score (nSPS) is 14.4. The first-order valence-electron chi connectivity index (χ1n) is 6.34. The van der Waals surface area contributed by atoms with Gasteiger partial charge in [-0.25, -0.2) is 18.1 Å². The van der Waals surface area contributed by atoms with Crippen LogP contribution in [0.2, 0.25) is 0 Å². The summed E-state index contributed by atoms with van der Waals surface area (Å²) in [5.41, 5.74) is 1.04. The first-order valence-corrected chi connectivity index (χ1v) is 7.82. The van der Waals surface area contributed by atoms with Crippen molar-refractivity contribution in [1.29, 1.82) is 0 Å². The third-order valence-electron chi connectivity index (χ3n) is 3.48. The molecule has 1 aromatic heterocycles. The number of aryl methyl sites for hydroxylation is 2. The van der Waals surface area contributed by atoms with E-state index in [4.69, 9.17) is 0 Å². The number of phenolic OH excluding ortho intramolecular Hbond substituents is 1. The summed E-state index contributed by atoms with van der Waals surface area (Å²) >= 11 is 0. The van der Waals surface area contributed by atoms with E-state index < -0.39 is 10.0 Å². The lowest BCUT2D eigenvalue weighted by molar-refractivity contribution is 0.476. The first kappa shape index (κ1) is 13.1. The third kappa shape index (κ3) is 2.08. The van der Waals surface area contributed by atoms with Gasteiger partial charge in [0.25, 0.3) is 0 Å². The van der Waals surface area contributed by atoms with Crippen LogP contribution in [-0.4, -0.2) is 30.1 Å². The van der Waals surface area contributed by atoms with E-state index in [2.05, 4.69) is 9.71 Å². The lowest BCUT2D eigenvalue weighted by atomic mass is 10.1. The number of nitrogens with zero attached hydrogens (tertiary/aromatic N) is 2. The molecule has 0 bridgehead atoms. The lowest BCUT2D eigenvalue weighted by Gasteiger charge is -2.06. The van der Waals surface area contributed by atoms with Crippen LogP contribution in [0, 0.1) is 0 Å². The maximum atomic E-state index is 11.8. The Bertz CT molecular complexity index is 744. The summed E-state index contributed by atoms with van der Waals surface area (Å²) in [4.78, 5) is 4.57. The van der Waals surface area contributed by atoms with E-state index in [0.717, 1.165) is 25.2 Å². The van der Waals surface area contributed by atoms with Crippen molar-refractivity contribution in [2.45, 2.75) is 24.3 Å². The van der Waals surface area contributed by atoms with Crippen LogP contribution in [-0.2, 0) is 23.0 Å². The van der Waals surface area contributed by atoms with Crippen molar-refractivity contribution in [3.63, 3.8) is 0 Å². The second-order valence-corrected chi connectivity index (χ2v) is 6.61. The molecule has 20 heavy (non-hydrogen) atoms. The van der Waals surface area contributed by atoms with Crippen LogP contribution in [0.5, 0.6) is 5.75 Å². The number of aromatic nitrogens is 2. The Balaban J connectivity index is 2.10. The van der Waals surface area contributed by atoms with Gasteiger partial charge in [0.05, 0.1) is 10.6 Å². The van der Waals surface area contributed by atoms with Crippen molar-refractivity contribution in [2.24, 2.45) is 0 Å². The standard InChI is InChI=1S/C13H15N3O3S/c1-14-20(18,19)9-4-5-12(17)10(7-9)11-8-16-6-2-3-13(16)15-11/h4-5,7-8,14,17H,2-3,6H2,1H3. The molecule has 6 nitrogen and oxygen atoms in total. The zero-order valence-electron chi connectivity index (χ0n) is 11.0. The van der Waals surface area contributed by atoms with Gasteiger partial charge in [-0.1, -0.05) is 0 Å². The van der Waals surface area contributed by atoms with Crippen molar-refractivity contribution in [1.82, 2.24) is 14.3 Å². The van der Waals surface area contributed by atoms with Crippen LogP contribution in [0.3, 0.4) is 0 Å². The molecular formula is C13H15N3O3S. The molecule has 0 radical (unpaired) electrons. The van der Waals surface area contributed by atoms with Gasteiger partial charge in [0.1, 0.15) is 11.6 Å². The largest absolute Gasteiger partial charge is 0.507 e. The van der Waals surface area contributed by atoms with Crippen molar-refractivity contribution < 1.29 is 13.5 Å². The number of benzene rings is 1. The molecule has 1 aliphatic heterocycles. The Morgan fingerprint density at radius 2 is 2.20 bits per heavy atom. The molecule has 2 aromatic rings. The van der Waals surface area contributed by atoms with Crippen LogP contribution < -0.4 is 4.72 Å². The minimum absolute atomic E-state index is 0.0248. The Hall–Kier alpha value is -1.86. The van der Waals surface area contributed by atoms with Crippen molar-refractivity contribution >= 4 is 10.0 Å². The van der Waals surface area contributed by atoms with Crippen LogP contribution in [0.4, 0.5) is 0 Å². The fourth-order valence-corrected chi connectivity index (χ4v) is 3.15. The number of aromatic hydroxyl groups is 1. The number of hydrogen-bond acceptors (Lipinski definition) is 4. The molecule has 0 aliphatic carbocycles. The predicted octanol–water partition coefficient (Wildman–Crippen LogP) is 1.11. The fraction of sp³-hybridized carbons (Fsp3) is 0.308. The summed E-state index contributed by atoms with van der Waals surface area (Å²) in [6.45, 7) is 0.914. The van der Waals surface area contributed by atoms with E-state index in [9.17, 15) is 13.5 Å². The van der Waals surface area contributed by atoms with Crippen LogP contribution >= 0.6 is 0 Å². The molecule has 2 heterocycles. The number of imidazole rings is 1. The third-order valence-corrected chi connectivity index (χ3v) is 4.89. The highest BCUT2D eigenvalue weighted by Gasteiger charge is 2.19. The Labute approximate surface area is 117 Å². The summed E-state index contributed by atoms with van der Waals surface area (Å²) in [5, 5.41) is 9.95. The average Bonchev–Trinajstić information content (AvgIpc) is 2.99. The molecule has 0 unspecified atom stereocenters. The van der Waals surface area contributed by atoms with E-state index in [1.165, 1.54) is 25.2 Å². The van der Waals surface area contributed by atoms with Gasteiger partial charge in [-0.2, -0.15) is 0 Å². The lowest BCUT2D eigenvalue weighted by Crippen LogP contribution is -2.18. The number of fused-ring (bicyclic) bond motifs is 1. The number of sulfonamides is 1. The van der Waals surface area contributed by atoms with Crippen molar-refractivity contribution in [3.05, 3.63) is 30.2 Å². The molecule has 0 spiro atoms. The maximum absolute atomic E-state index is 11.8. The molecule has 7 heteroatoms. The van der Waals surface area contributed by atoms with E-state index in [1.807, 2.05) is 10.8 Å². The van der Waals surface area contributed by atoms with Gasteiger partial charge in [-0.05, 0) is 31.7 Å². The first-order chi connectivity index (χ1) is 9.51. The maximum Gasteiger partial charge on any atom is 0.240 e. The van der Waals surface area contributed by atoms with Gasteiger partial charge in [0.2, 0.25) is 10.0 Å². The number of hydrogen-bond donors (Lipinski definition) is 2. The monoisotopic (exact) mass is 293 g/mol. The fourth-order valence-electron chi connectivity index (χ4n) is 2.39. The molecule has 3 rings (SSSR count). The summed E-state index contributed by atoms with van der Waals surface area (Å²) in [5.74, 6) is 0.998. The van der Waals surface area contributed by atoms with Crippen LogP contribution in [0.15, 0.2) is 29.3 Å². The Morgan fingerprint density at radius 1 is 1.40 bits per heavy atom. The average molecular weight is 293 g/mol. The highest BCUT2D eigenvalue weighted by Crippen LogP contribution is 2.32. The number of nitrogens with one attached hydrogen (secondary N) is 1. The Kier molecular flexibility index (Phi) is 3.02. The van der Waals surface area contributed by atoms with Crippen LogP contribution in [0.25, 0.3) is 11.3 Å². The topological polar surface area (TPSA) is 84.2 Å². The minimum atomic E-state index is -3.54. The van der Waals surface area contributed by atoms with Gasteiger partial charge in [-0.3, -0.25) is 0 Å². The molecule has 1 aliphatic rings. The molecule has 1 aromatic carbocycles. The highest BCUT2D eigenvalue weighted by molar-refractivity contribution is 7.89. The summed E-state index contributed by atoms with van der Waals surface area (Å²) < 4.78 is 27.9. The minimum Gasteiger partial charge on any atom is -0.507 e. The summed E-state index contributed by atoms with van der Waals surface area (Å²) in [6, 6.07) is 4.19. The molecule has 0 fully saturated rings. The van der Waals surface area contributed by atoms with Gasteiger partial charge in [0.15, 0.2) is 0 Å². The van der Waals surface area contributed by atoms with E-state index in [-0.39, 0.29) is 10.6 Å². The SMILES string of the molecule is CNS(=O)(=O)c1ccc(O)c(-c2cn3c(n2)CCC3)c1. The number of rotatable bonds is 3. The second-order valence-electron chi connectivity index (χ2n) is 4.73. The van der Waals surface area contributed by atoms with E-state index in [0.29, 0.717) is 11.3 Å². The molecular weight excluding hydrogens is 278 g/mol. The molecule has 2 N–H and O–H groups in total. The van der Waals surface area contributed by atoms with Gasteiger partial charge >= 0.3 is 0 Å². The van der Waals surface area contributed by atoms with E-state index >= 15 is 0 Å². The highest BCUT2D eigenvalue weighted by atomic mass is 32.2. The predicted molar refractivity (Wildman–Crippen MR) is 73.9 cm³/mol. The molecule has 0 atom stereocenters. The van der Waals surface area contributed by atoms with Gasteiger partial charge in [0, 0.05) is 24.7 Å². The summed E-state index contributed by atoms with van der Waals surface area (Å²) in [7, 11) is -2.18. The van der Waals surface area contributed by atoms with Crippen molar-refractivity contribution in [3.8, 4) is 17.0 Å². The van der Waals surface area contributed by atoms with Gasteiger partial charge in [-0.15, -0.1) is 0 Å². The van der Waals surface area contributed by atoms with Crippen LogP contribution in [0.1, 0.15) is 12.2 Å². The molecule has 106 valence electrons. The van der Waals surface area contributed by atoms with E-state index in [1.54, 1.807) is 0 Å². The van der Waals surface area contributed by atoms with Crippen molar-refractivity contribution in [2.75, 3.05) is 7.05 Å². The molecule has 0 saturated heterocycles. The number of phenols is 1. The van der Waals surface area contributed by atoms with Gasteiger partial charge < -0.3 is 9.67 Å². The summed E-state index contributed by atoms with van der Waals surface area (Å²) in [6.07, 6.45) is 3.84. The Morgan fingerprint density at radius 3 is 2.90 bits per heavy atom. The quantitative estimate of drug-likeness (QED) is 0.888. The molecule has 0 amide bonds. The smallest absolute Gasteiger partial charge is 0.240 e. The zero-order chi connectivity index (χ0) is 14.3. The zero-order valence-corrected chi connectivity index (χ0v) is 11.8. The second kappa shape index (κ2) is 4.60. The molecule has 0 saturated carbocycles.